The number of nitrogens with one attached hydrogen (secondary N) is 1. The standard InChI is InChI=1S/C18H17N3/c1-14-5-3-6-16(13-14)15(2)21-12-10-18(20-21)9-8-17-7-4-11-19-17/h3-13,19H,2H2,1H3/b9-8+. The summed E-state index contributed by atoms with van der Waals surface area (Å²) in [5.41, 5.74) is 5.13. The molecule has 0 radical (unpaired) electrons. The van der Waals surface area contributed by atoms with Crippen LogP contribution in [0.5, 0.6) is 0 Å². The maximum absolute atomic E-state index is 4.53. The lowest BCUT2D eigenvalue weighted by Gasteiger charge is -2.06. The number of aryl methyl sites for hydroxylation is 1. The topological polar surface area (TPSA) is 33.6 Å². The first-order valence-corrected chi connectivity index (χ1v) is 6.86. The summed E-state index contributed by atoms with van der Waals surface area (Å²) in [6, 6.07) is 14.2. The number of aromatic amines is 1. The molecule has 1 N–H and O–H groups in total. The molecule has 0 bridgehead atoms. The van der Waals surface area contributed by atoms with Gasteiger partial charge in [-0.3, -0.25) is 0 Å². The Balaban J connectivity index is 1.80. The Bertz CT molecular complexity index is 776. The van der Waals surface area contributed by atoms with Crippen LogP contribution in [-0.2, 0) is 0 Å². The molecule has 0 unspecified atom stereocenters. The van der Waals surface area contributed by atoms with E-state index in [4.69, 9.17) is 0 Å². The quantitative estimate of drug-likeness (QED) is 0.760. The molecule has 104 valence electrons. The molecule has 2 aromatic heterocycles. The number of benzene rings is 1. The molecule has 3 nitrogen and oxygen atoms in total. The number of hydrogen-bond acceptors (Lipinski definition) is 1. The molecular weight excluding hydrogens is 258 g/mol. The third-order valence-electron chi connectivity index (χ3n) is 3.29. The number of H-pyrrole nitrogens is 1. The predicted molar refractivity (Wildman–Crippen MR) is 87.6 cm³/mol. The van der Waals surface area contributed by atoms with E-state index < -0.39 is 0 Å². The molecule has 3 heteroatoms. The minimum Gasteiger partial charge on any atom is -0.362 e. The monoisotopic (exact) mass is 275 g/mol. The van der Waals surface area contributed by atoms with E-state index in [1.807, 2.05) is 59.6 Å². The van der Waals surface area contributed by atoms with Gasteiger partial charge in [0.25, 0.3) is 0 Å². The van der Waals surface area contributed by atoms with E-state index in [0.717, 1.165) is 22.6 Å². The van der Waals surface area contributed by atoms with Crippen LogP contribution in [0.2, 0.25) is 0 Å². The van der Waals surface area contributed by atoms with Crippen LogP contribution in [0.3, 0.4) is 0 Å². The van der Waals surface area contributed by atoms with E-state index in [9.17, 15) is 0 Å². The summed E-state index contributed by atoms with van der Waals surface area (Å²) in [4.78, 5) is 3.13. The van der Waals surface area contributed by atoms with Crippen LogP contribution < -0.4 is 0 Å². The Kier molecular flexibility index (Phi) is 3.56. The lowest BCUT2D eigenvalue weighted by molar-refractivity contribution is 0.901. The molecule has 0 amide bonds. The van der Waals surface area contributed by atoms with E-state index in [-0.39, 0.29) is 0 Å². The van der Waals surface area contributed by atoms with Crippen molar-refractivity contribution in [2.75, 3.05) is 0 Å². The van der Waals surface area contributed by atoms with Gasteiger partial charge < -0.3 is 4.98 Å². The lowest BCUT2D eigenvalue weighted by atomic mass is 10.1. The van der Waals surface area contributed by atoms with E-state index in [1.54, 1.807) is 0 Å². The van der Waals surface area contributed by atoms with Gasteiger partial charge in [0.1, 0.15) is 0 Å². The number of aromatic nitrogens is 3. The Labute approximate surface area is 124 Å². The van der Waals surface area contributed by atoms with E-state index >= 15 is 0 Å². The molecular formula is C18H17N3. The predicted octanol–water partition coefficient (Wildman–Crippen LogP) is 4.21. The summed E-state index contributed by atoms with van der Waals surface area (Å²) in [6.45, 7) is 6.20. The average Bonchev–Trinajstić information content (AvgIpc) is 3.16. The fourth-order valence-electron chi connectivity index (χ4n) is 2.16. The Hall–Kier alpha value is -2.81. The van der Waals surface area contributed by atoms with Crippen molar-refractivity contribution < 1.29 is 0 Å². The molecule has 2 heterocycles. The molecule has 1 aromatic carbocycles. The van der Waals surface area contributed by atoms with Gasteiger partial charge in [-0.15, -0.1) is 0 Å². The highest BCUT2D eigenvalue weighted by molar-refractivity contribution is 5.68. The maximum atomic E-state index is 4.53. The molecule has 0 aliphatic heterocycles. The number of nitrogens with zero attached hydrogens (tertiary/aromatic N) is 2. The van der Waals surface area contributed by atoms with Crippen molar-refractivity contribution in [2.45, 2.75) is 6.92 Å². The van der Waals surface area contributed by atoms with Crippen molar-refractivity contribution in [1.82, 2.24) is 14.8 Å². The van der Waals surface area contributed by atoms with Gasteiger partial charge in [-0.1, -0.05) is 30.3 Å². The SMILES string of the molecule is C=C(c1cccc(C)c1)n1ccc(/C=C/c2ccc[nH]2)n1. The average molecular weight is 275 g/mol. The largest absolute Gasteiger partial charge is 0.362 e. The van der Waals surface area contributed by atoms with Gasteiger partial charge in [0.15, 0.2) is 0 Å². The summed E-state index contributed by atoms with van der Waals surface area (Å²) in [5, 5.41) is 4.53. The third-order valence-corrected chi connectivity index (χ3v) is 3.29. The molecule has 0 saturated heterocycles. The zero-order valence-electron chi connectivity index (χ0n) is 12.0. The summed E-state index contributed by atoms with van der Waals surface area (Å²) in [5.74, 6) is 0. The highest BCUT2D eigenvalue weighted by Crippen LogP contribution is 2.16. The van der Waals surface area contributed by atoms with Gasteiger partial charge in [0, 0.05) is 18.1 Å². The van der Waals surface area contributed by atoms with Gasteiger partial charge in [-0.2, -0.15) is 5.10 Å². The first kappa shape index (κ1) is 13.2. The third kappa shape index (κ3) is 3.03. The number of rotatable bonds is 4. The van der Waals surface area contributed by atoms with E-state index in [1.165, 1.54) is 5.56 Å². The minimum absolute atomic E-state index is 0.873. The van der Waals surface area contributed by atoms with Crippen LogP contribution in [0, 0.1) is 6.92 Å². The van der Waals surface area contributed by atoms with Gasteiger partial charge in [-0.25, -0.2) is 4.68 Å². The van der Waals surface area contributed by atoms with Crippen molar-refractivity contribution in [3.05, 3.63) is 84.0 Å². The first-order valence-electron chi connectivity index (χ1n) is 6.86. The van der Waals surface area contributed by atoms with E-state index in [0.29, 0.717) is 0 Å². The van der Waals surface area contributed by atoms with Crippen LogP contribution >= 0.6 is 0 Å². The van der Waals surface area contributed by atoms with Crippen LogP contribution in [-0.4, -0.2) is 14.8 Å². The van der Waals surface area contributed by atoms with Crippen LogP contribution in [0.15, 0.2) is 61.4 Å². The Morgan fingerprint density at radius 3 is 2.86 bits per heavy atom. The zero-order valence-corrected chi connectivity index (χ0v) is 12.0. The Morgan fingerprint density at radius 1 is 1.19 bits per heavy atom. The second-order valence-electron chi connectivity index (χ2n) is 4.96. The molecule has 0 fully saturated rings. The van der Waals surface area contributed by atoms with Crippen molar-refractivity contribution in [2.24, 2.45) is 0 Å². The second-order valence-corrected chi connectivity index (χ2v) is 4.96. The molecule has 0 atom stereocenters. The normalized spacial score (nSPS) is 11.1. The second kappa shape index (κ2) is 5.67. The molecule has 3 aromatic rings. The van der Waals surface area contributed by atoms with Gasteiger partial charge in [-0.05, 0) is 48.9 Å². The van der Waals surface area contributed by atoms with Crippen LogP contribution in [0.25, 0.3) is 17.8 Å². The molecule has 0 spiro atoms. The zero-order chi connectivity index (χ0) is 14.7. The van der Waals surface area contributed by atoms with Crippen LogP contribution in [0.1, 0.15) is 22.5 Å². The van der Waals surface area contributed by atoms with Crippen molar-refractivity contribution >= 4 is 17.8 Å². The van der Waals surface area contributed by atoms with Crippen molar-refractivity contribution in [3.63, 3.8) is 0 Å². The first-order chi connectivity index (χ1) is 10.2. The number of hydrogen-bond donors (Lipinski definition) is 1. The van der Waals surface area contributed by atoms with Gasteiger partial charge in [0.05, 0.1) is 11.4 Å². The summed E-state index contributed by atoms with van der Waals surface area (Å²) < 4.78 is 1.81. The fourth-order valence-corrected chi connectivity index (χ4v) is 2.16. The summed E-state index contributed by atoms with van der Waals surface area (Å²) in [7, 11) is 0. The molecule has 0 aliphatic rings. The van der Waals surface area contributed by atoms with Crippen molar-refractivity contribution in [1.29, 1.82) is 0 Å². The molecule has 0 aliphatic carbocycles. The van der Waals surface area contributed by atoms with Crippen LogP contribution in [0.4, 0.5) is 0 Å². The molecule has 3 rings (SSSR count). The van der Waals surface area contributed by atoms with Crippen molar-refractivity contribution in [3.8, 4) is 0 Å². The van der Waals surface area contributed by atoms with Gasteiger partial charge >= 0.3 is 0 Å². The molecule has 21 heavy (non-hydrogen) atoms. The summed E-state index contributed by atoms with van der Waals surface area (Å²) in [6.07, 6.45) is 7.81. The maximum Gasteiger partial charge on any atom is 0.0856 e. The highest BCUT2D eigenvalue weighted by Gasteiger charge is 2.03. The van der Waals surface area contributed by atoms with Gasteiger partial charge in [0.2, 0.25) is 0 Å². The van der Waals surface area contributed by atoms with E-state index in [2.05, 4.69) is 35.7 Å². The molecule has 0 saturated carbocycles. The highest BCUT2D eigenvalue weighted by atomic mass is 15.3. The summed E-state index contributed by atoms with van der Waals surface area (Å²) >= 11 is 0. The minimum atomic E-state index is 0.873. The Morgan fingerprint density at radius 2 is 2.10 bits per heavy atom. The lowest BCUT2D eigenvalue weighted by Crippen LogP contribution is -1.98. The smallest absolute Gasteiger partial charge is 0.0856 e. The fraction of sp³-hybridized carbons (Fsp3) is 0.0556.